The second kappa shape index (κ2) is 8.68. The van der Waals surface area contributed by atoms with Gasteiger partial charge < -0.3 is 10.1 Å². The summed E-state index contributed by atoms with van der Waals surface area (Å²) in [6.45, 7) is 14.0. The molecular formula is C15H25Cl2NO. The second-order valence-corrected chi connectivity index (χ2v) is 6.33. The van der Waals surface area contributed by atoms with E-state index in [4.69, 9.17) is 27.9 Å². The Morgan fingerprint density at radius 2 is 1.89 bits per heavy atom. The number of hydrogen-bond acceptors (Lipinski definition) is 2. The minimum absolute atomic E-state index is 0.258. The van der Waals surface area contributed by atoms with Gasteiger partial charge in [0.2, 0.25) is 0 Å². The lowest BCUT2D eigenvalue weighted by Gasteiger charge is -2.19. The smallest absolute Gasteiger partial charge is 0.130 e. The van der Waals surface area contributed by atoms with Gasteiger partial charge in [0.1, 0.15) is 5.76 Å². The van der Waals surface area contributed by atoms with Gasteiger partial charge in [0.25, 0.3) is 0 Å². The molecule has 4 heteroatoms. The van der Waals surface area contributed by atoms with E-state index in [-0.39, 0.29) is 5.41 Å². The topological polar surface area (TPSA) is 21.3 Å². The highest BCUT2D eigenvalue weighted by molar-refractivity contribution is 6.36. The van der Waals surface area contributed by atoms with Crippen molar-refractivity contribution < 1.29 is 4.74 Å². The molecule has 0 bridgehead atoms. The normalized spacial score (nSPS) is 14.2. The lowest BCUT2D eigenvalue weighted by atomic mass is 9.97. The van der Waals surface area contributed by atoms with Crippen LogP contribution in [0.2, 0.25) is 0 Å². The molecule has 0 rings (SSSR count). The maximum absolute atomic E-state index is 6.24. The summed E-state index contributed by atoms with van der Waals surface area (Å²) in [5, 5.41) is 4.53. The van der Waals surface area contributed by atoms with Gasteiger partial charge in [-0.05, 0) is 30.9 Å². The number of allylic oxidation sites excluding steroid dienone is 3. The van der Waals surface area contributed by atoms with Crippen molar-refractivity contribution in [3.8, 4) is 0 Å². The molecule has 0 atom stereocenters. The Kier molecular flexibility index (Phi) is 8.47. The maximum atomic E-state index is 6.24. The Labute approximate surface area is 127 Å². The summed E-state index contributed by atoms with van der Waals surface area (Å²) >= 11 is 12.4. The molecule has 0 radical (unpaired) electrons. The molecule has 0 aliphatic heterocycles. The molecular weight excluding hydrogens is 281 g/mol. The van der Waals surface area contributed by atoms with Gasteiger partial charge in [0.15, 0.2) is 0 Å². The van der Waals surface area contributed by atoms with Crippen molar-refractivity contribution in [3.05, 3.63) is 34.1 Å². The van der Waals surface area contributed by atoms with Gasteiger partial charge in [-0.3, -0.25) is 0 Å². The summed E-state index contributed by atoms with van der Waals surface area (Å²) in [4.78, 5) is 0. The van der Waals surface area contributed by atoms with Gasteiger partial charge in [0, 0.05) is 11.6 Å². The van der Waals surface area contributed by atoms with E-state index in [9.17, 15) is 0 Å². The van der Waals surface area contributed by atoms with Crippen LogP contribution in [0.25, 0.3) is 0 Å². The Morgan fingerprint density at radius 3 is 2.32 bits per heavy atom. The third-order valence-corrected chi connectivity index (χ3v) is 3.39. The highest BCUT2D eigenvalue weighted by atomic mass is 35.5. The van der Waals surface area contributed by atoms with Crippen molar-refractivity contribution in [1.82, 2.24) is 5.32 Å². The molecule has 0 amide bonds. The van der Waals surface area contributed by atoms with Crippen LogP contribution in [0, 0.1) is 5.41 Å². The molecule has 110 valence electrons. The SMILES string of the molecule is C=C(OC)C(Cl)=C(CCNCC(C)(C)C)C(Cl)=CC. The van der Waals surface area contributed by atoms with Crippen molar-refractivity contribution in [3.63, 3.8) is 0 Å². The molecule has 0 aromatic carbocycles. The second-order valence-electron chi connectivity index (χ2n) is 5.54. The number of rotatable bonds is 7. The number of halogens is 2. The summed E-state index contributed by atoms with van der Waals surface area (Å²) in [6.07, 6.45) is 2.56. The Morgan fingerprint density at radius 1 is 1.32 bits per heavy atom. The van der Waals surface area contributed by atoms with E-state index in [1.54, 1.807) is 7.11 Å². The first-order valence-electron chi connectivity index (χ1n) is 6.37. The predicted octanol–water partition coefficient (Wildman–Crippen LogP) is 4.81. The van der Waals surface area contributed by atoms with Crippen LogP contribution >= 0.6 is 23.2 Å². The van der Waals surface area contributed by atoms with Crippen LogP contribution in [0.4, 0.5) is 0 Å². The first kappa shape index (κ1) is 18.6. The van der Waals surface area contributed by atoms with E-state index < -0.39 is 0 Å². The molecule has 0 spiro atoms. The third kappa shape index (κ3) is 7.66. The van der Waals surface area contributed by atoms with E-state index in [1.165, 1.54) is 0 Å². The van der Waals surface area contributed by atoms with Crippen molar-refractivity contribution in [2.45, 2.75) is 34.1 Å². The minimum Gasteiger partial charge on any atom is -0.496 e. The van der Waals surface area contributed by atoms with Crippen LogP contribution in [-0.4, -0.2) is 20.2 Å². The van der Waals surface area contributed by atoms with Crippen LogP contribution in [0.15, 0.2) is 34.1 Å². The van der Waals surface area contributed by atoms with E-state index in [0.29, 0.717) is 15.8 Å². The molecule has 0 aliphatic rings. The average Bonchev–Trinajstić information content (AvgIpc) is 2.35. The maximum Gasteiger partial charge on any atom is 0.130 e. The standard InChI is InChI=1S/C15H25Cl2NO/c1-7-13(16)12(14(17)11(2)19-6)8-9-18-10-15(3,4)5/h7,18H,2,8-10H2,1,3-6H3. The summed E-state index contributed by atoms with van der Waals surface area (Å²) in [7, 11) is 1.55. The van der Waals surface area contributed by atoms with E-state index in [2.05, 4.69) is 32.7 Å². The molecule has 19 heavy (non-hydrogen) atoms. The fourth-order valence-electron chi connectivity index (χ4n) is 1.44. The van der Waals surface area contributed by atoms with Gasteiger partial charge in [-0.1, -0.05) is 56.6 Å². The van der Waals surface area contributed by atoms with Crippen LogP contribution in [0.5, 0.6) is 0 Å². The largest absolute Gasteiger partial charge is 0.496 e. The predicted molar refractivity (Wildman–Crippen MR) is 85.6 cm³/mol. The quantitative estimate of drug-likeness (QED) is 0.414. The van der Waals surface area contributed by atoms with Crippen LogP contribution in [-0.2, 0) is 4.74 Å². The monoisotopic (exact) mass is 305 g/mol. The highest BCUT2D eigenvalue weighted by Crippen LogP contribution is 2.28. The molecule has 0 heterocycles. The molecule has 0 fully saturated rings. The van der Waals surface area contributed by atoms with E-state index >= 15 is 0 Å². The van der Waals surface area contributed by atoms with Crippen molar-refractivity contribution in [2.24, 2.45) is 5.41 Å². The zero-order valence-electron chi connectivity index (χ0n) is 12.6. The molecule has 0 aromatic heterocycles. The number of nitrogens with one attached hydrogen (secondary N) is 1. The van der Waals surface area contributed by atoms with E-state index in [0.717, 1.165) is 25.1 Å². The van der Waals surface area contributed by atoms with Gasteiger partial charge in [0.05, 0.1) is 12.1 Å². The molecule has 0 aromatic rings. The van der Waals surface area contributed by atoms with Gasteiger partial charge >= 0.3 is 0 Å². The average molecular weight is 306 g/mol. The van der Waals surface area contributed by atoms with Gasteiger partial charge in [-0.2, -0.15) is 0 Å². The zero-order chi connectivity index (χ0) is 15.1. The molecule has 0 saturated heterocycles. The van der Waals surface area contributed by atoms with Gasteiger partial charge in [-0.15, -0.1) is 0 Å². The number of methoxy groups -OCH3 is 1. The summed E-state index contributed by atoms with van der Waals surface area (Å²) in [6, 6.07) is 0. The highest BCUT2D eigenvalue weighted by Gasteiger charge is 2.13. The van der Waals surface area contributed by atoms with Crippen LogP contribution in [0.3, 0.4) is 0 Å². The summed E-state index contributed by atoms with van der Waals surface area (Å²) in [5.41, 5.74) is 1.12. The fraction of sp³-hybridized carbons (Fsp3) is 0.600. The van der Waals surface area contributed by atoms with Crippen molar-refractivity contribution >= 4 is 23.2 Å². The fourth-order valence-corrected chi connectivity index (χ4v) is 1.95. The van der Waals surface area contributed by atoms with E-state index in [1.807, 2.05) is 13.0 Å². The molecule has 0 aliphatic carbocycles. The third-order valence-electron chi connectivity index (χ3n) is 2.51. The van der Waals surface area contributed by atoms with Crippen molar-refractivity contribution in [2.75, 3.05) is 20.2 Å². The Bertz CT molecular complexity index is 365. The van der Waals surface area contributed by atoms with Crippen molar-refractivity contribution in [1.29, 1.82) is 0 Å². The number of hydrogen-bond donors (Lipinski definition) is 1. The van der Waals surface area contributed by atoms with Crippen LogP contribution in [0.1, 0.15) is 34.1 Å². The first-order valence-corrected chi connectivity index (χ1v) is 7.13. The Hall–Kier alpha value is -0.440. The molecule has 0 unspecified atom stereocenters. The lowest BCUT2D eigenvalue weighted by Crippen LogP contribution is -2.27. The lowest BCUT2D eigenvalue weighted by molar-refractivity contribution is 0.306. The number of ether oxygens (including phenoxy) is 1. The Balaban J connectivity index is 4.69. The molecule has 1 N–H and O–H groups in total. The molecule has 2 nitrogen and oxygen atoms in total. The molecule has 0 saturated carbocycles. The minimum atomic E-state index is 0.258. The van der Waals surface area contributed by atoms with Crippen LogP contribution < -0.4 is 5.32 Å². The van der Waals surface area contributed by atoms with Gasteiger partial charge in [-0.25, -0.2) is 0 Å². The summed E-state index contributed by atoms with van der Waals surface area (Å²) < 4.78 is 5.06. The zero-order valence-corrected chi connectivity index (χ0v) is 14.1. The first-order chi connectivity index (χ1) is 8.72. The summed E-state index contributed by atoms with van der Waals surface area (Å²) in [5.74, 6) is 0.437.